The summed E-state index contributed by atoms with van der Waals surface area (Å²) < 4.78 is 2.74. The summed E-state index contributed by atoms with van der Waals surface area (Å²) in [6, 6.07) is 9.45. The van der Waals surface area contributed by atoms with E-state index < -0.39 is 0 Å². The second-order valence-electron chi connectivity index (χ2n) is 6.00. The Hall–Kier alpha value is -1.91. The normalized spacial score (nSPS) is 10.9. The lowest BCUT2D eigenvalue weighted by atomic mass is 10.3. The first-order valence-corrected chi connectivity index (χ1v) is 11.2. The van der Waals surface area contributed by atoms with Crippen LogP contribution in [0.5, 0.6) is 0 Å². The maximum Gasteiger partial charge on any atom is 0.234 e. The lowest BCUT2D eigenvalue weighted by Gasteiger charge is -2.07. The third-order valence-electron chi connectivity index (χ3n) is 3.70. The van der Waals surface area contributed by atoms with E-state index in [0.717, 1.165) is 32.5 Å². The van der Waals surface area contributed by atoms with Gasteiger partial charge < -0.3 is 9.88 Å². The summed E-state index contributed by atoms with van der Waals surface area (Å²) in [5, 5.41) is 12.7. The number of carbonyl (C=O) groups excluding carboxylic acids is 1. The summed E-state index contributed by atoms with van der Waals surface area (Å²) >= 11 is 6.29. The molecule has 0 fully saturated rings. The van der Waals surface area contributed by atoms with E-state index in [1.807, 2.05) is 55.8 Å². The quantitative estimate of drug-likeness (QED) is 0.405. The van der Waals surface area contributed by atoms with E-state index in [1.54, 1.807) is 0 Å². The van der Waals surface area contributed by atoms with Crippen molar-refractivity contribution in [1.82, 2.24) is 24.7 Å². The molecule has 10 heteroatoms. The Labute approximate surface area is 180 Å². The van der Waals surface area contributed by atoms with Gasteiger partial charge in [-0.2, -0.15) is 0 Å². The molecular weight excluding hydrogens is 460 g/mol. The maximum absolute atomic E-state index is 12.2. The number of amides is 1. The molecule has 3 aromatic rings. The molecule has 2 heterocycles. The number of thioether (sulfide) groups is 2. The molecule has 0 atom stereocenters. The highest BCUT2D eigenvalue weighted by molar-refractivity contribution is 9.10. The van der Waals surface area contributed by atoms with Crippen LogP contribution in [0.1, 0.15) is 17.2 Å². The molecule has 1 amide bonds. The molecule has 0 saturated heterocycles. The van der Waals surface area contributed by atoms with Crippen LogP contribution in [0.2, 0.25) is 0 Å². The molecule has 0 bridgehead atoms. The van der Waals surface area contributed by atoms with Crippen molar-refractivity contribution in [2.45, 2.75) is 29.9 Å². The van der Waals surface area contributed by atoms with E-state index in [1.165, 1.54) is 23.5 Å². The monoisotopic (exact) mass is 478 g/mol. The van der Waals surface area contributed by atoms with Crippen molar-refractivity contribution in [3.05, 3.63) is 52.0 Å². The van der Waals surface area contributed by atoms with Gasteiger partial charge >= 0.3 is 0 Å². The highest BCUT2D eigenvalue weighted by atomic mass is 79.9. The highest BCUT2D eigenvalue weighted by Crippen LogP contribution is 2.24. The summed E-state index contributed by atoms with van der Waals surface area (Å²) in [6.45, 7) is 3.91. The number of nitrogens with zero attached hydrogens (tertiary/aromatic N) is 5. The second kappa shape index (κ2) is 9.53. The summed E-state index contributed by atoms with van der Waals surface area (Å²) in [5.74, 6) is 1.57. The first-order valence-electron chi connectivity index (χ1n) is 8.43. The molecule has 0 aliphatic heterocycles. The molecule has 3 rings (SSSR count). The number of rotatable bonds is 7. The number of hydrogen-bond acceptors (Lipinski definition) is 7. The minimum absolute atomic E-state index is 0.0977. The number of hydrogen-bond donors (Lipinski definition) is 1. The Bertz CT molecular complexity index is 974. The molecule has 2 aromatic heterocycles. The van der Waals surface area contributed by atoms with Crippen LogP contribution in [0.4, 0.5) is 5.69 Å². The number of para-hydroxylation sites is 1. The van der Waals surface area contributed by atoms with E-state index in [0.29, 0.717) is 10.9 Å². The zero-order valence-electron chi connectivity index (χ0n) is 15.6. The number of halogens is 1. The van der Waals surface area contributed by atoms with Crippen molar-refractivity contribution in [2.75, 3.05) is 11.1 Å². The SMILES string of the molecule is Cc1cc(C)nc(SCc2nnc(SCC(=O)Nc3ccccc3Br)n2C)n1. The average molecular weight is 479 g/mol. The molecule has 146 valence electrons. The number of anilines is 1. The van der Waals surface area contributed by atoms with Crippen LogP contribution < -0.4 is 5.32 Å². The predicted molar refractivity (Wildman–Crippen MR) is 116 cm³/mol. The van der Waals surface area contributed by atoms with Gasteiger partial charge in [-0.05, 0) is 48.0 Å². The van der Waals surface area contributed by atoms with E-state index >= 15 is 0 Å². The van der Waals surface area contributed by atoms with Crippen LogP contribution in [-0.2, 0) is 17.6 Å². The third kappa shape index (κ3) is 5.55. The van der Waals surface area contributed by atoms with Gasteiger partial charge in [-0.1, -0.05) is 35.7 Å². The number of aromatic nitrogens is 5. The van der Waals surface area contributed by atoms with Crippen LogP contribution in [0.15, 0.2) is 45.1 Å². The highest BCUT2D eigenvalue weighted by Gasteiger charge is 2.13. The van der Waals surface area contributed by atoms with Gasteiger partial charge in [0.1, 0.15) is 5.82 Å². The molecule has 0 aliphatic rings. The van der Waals surface area contributed by atoms with Gasteiger partial charge in [0.2, 0.25) is 5.91 Å². The van der Waals surface area contributed by atoms with Crippen LogP contribution in [-0.4, -0.2) is 36.4 Å². The minimum Gasteiger partial charge on any atom is -0.324 e. The Morgan fingerprint density at radius 1 is 1.14 bits per heavy atom. The first-order chi connectivity index (χ1) is 13.4. The van der Waals surface area contributed by atoms with Crippen LogP contribution in [0.25, 0.3) is 0 Å². The van der Waals surface area contributed by atoms with Gasteiger partial charge in [-0.3, -0.25) is 4.79 Å². The maximum atomic E-state index is 12.2. The zero-order chi connectivity index (χ0) is 20.1. The van der Waals surface area contributed by atoms with Crippen molar-refractivity contribution in [1.29, 1.82) is 0 Å². The number of aryl methyl sites for hydroxylation is 2. The molecule has 28 heavy (non-hydrogen) atoms. The van der Waals surface area contributed by atoms with E-state index in [9.17, 15) is 4.79 Å². The van der Waals surface area contributed by atoms with Crippen molar-refractivity contribution in [3.63, 3.8) is 0 Å². The third-order valence-corrected chi connectivity index (χ3v) is 6.25. The molecule has 0 saturated carbocycles. The molecule has 7 nitrogen and oxygen atoms in total. The molecule has 0 aliphatic carbocycles. The number of nitrogens with one attached hydrogen (secondary N) is 1. The van der Waals surface area contributed by atoms with Crippen molar-refractivity contribution >= 4 is 51.0 Å². The lowest BCUT2D eigenvalue weighted by Crippen LogP contribution is -2.14. The Morgan fingerprint density at radius 2 is 1.86 bits per heavy atom. The first kappa shape index (κ1) is 20.8. The predicted octanol–water partition coefficient (Wildman–Crippen LogP) is 4.01. The zero-order valence-corrected chi connectivity index (χ0v) is 18.9. The fourth-order valence-corrected chi connectivity index (χ4v) is 4.40. The van der Waals surface area contributed by atoms with Crippen molar-refractivity contribution in [2.24, 2.45) is 7.05 Å². The summed E-state index contributed by atoms with van der Waals surface area (Å²) in [6.07, 6.45) is 0. The standard InChI is InChI=1S/C18H19BrN6OS2/c1-11-8-12(2)21-17(20-11)27-9-15-23-24-18(25(15)3)28-10-16(26)22-14-7-5-4-6-13(14)19/h4-8H,9-10H2,1-3H3,(H,22,26). The molecule has 1 N–H and O–H groups in total. The fourth-order valence-electron chi connectivity index (χ4n) is 2.36. The van der Waals surface area contributed by atoms with Gasteiger partial charge in [-0.25, -0.2) is 9.97 Å². The number of benzene rings is 1. The Kier molecular flexibility index (Phi) is 7.08. The summed E-state index contributed by atoms with van der Waals surface area (Å²) in [5.41, 5.74) is 2.64. The smallest absolute Gasteiger partial charge is 0.234 e. The van der Waals surface area contributed by atoms with E-state index in [4.69, 9.17) is 0 Å². The number of carbonyl (C=O) groups is 1. The van der Waals surface area contributed by atoms with Crippen LogP contribution >= 0.6 is 39.5 Å². The minimum atomic E-state index is -0.0977. The van der Waals surface area contributed by atoms with E-state index in [-0.39, 0.29) is 11.7 Å². The summed E-state index contributed by atoms with van der Waals surface area (Å²) in [7, 11) is 1.90. The van der Waals surface area contributed by atoms with Crippen LogP contribution in [0, 0.1) is 13.8 Å². The van der Waals surface area contributed by atoms with Gasteiger partial charge in [0, 0.05) is 22.9 Å². The Balaban J connectivity index is 1.55. The average Bonchev–Trinajstić information content (AvgIpc) is 2.99. The van der Waals surface area contributed by atoms with Gasteiger partial charge in [-0.15, -0.1) is 10.2 Å². The lowest BCUT2D eigenvalue weighted by molar-refractivity contribution is -0.113. The second-order valence-corrected chi connectivity index (χ2v) is 8.74. The van der Waals surface area contributed by atoms with Crippen LogP contribution in [0.3, 0.4) is 0 Å². The summed E-state index contributed by atoms with van der Waals surface area (Å²) in [4.78, 5) is 21.0. The fraction of sp³-hybridized carbons (Fsp3) is 0.278. The molecule has 1 aromatic carbocycles. The van der Waals surface area contributed by atoms with Gasteiger partial charge in [0.15, 0.2) is 10.3 Å². The van der Waals surface area contributed by atoms with Gasteiger partial charge in [0.05, 0.1) is 17.2 Å². The van der Waals surface area contributed by atoms with E-state index in [2.05, 4.69) is 41.4 Å². The Morgan fingerprint density at radius 3 is 2.57 bits per heavy atom. The topological polar surface area (TPSA) is 85.6 Å². The molecule has 0 spiro atoms. The van der Waals surface area contributed by atoms with Gasteiger partial charge in [0.25, 0.3) is 0 Å². The van der Waals surface area contributed by atoms with Crippen molar-refractivity contribution in [3.8, 4) is 0 Å². The molecule has 0 radical (unpaired) electrons. The molecular formula is C18H19BrN6OS2. The largest absolute Gasteiger partial charge is 0.324 e. The molecule has 0 unspecified atom stereocenters. The van der Waals surface area contributed by atoms with Crippen molar-refractivity contribution < 1.29 is 4.79 Å².